The van der Waals surface area contributed by atoms with Crippen LogP contribution in [0.3, 0.4) is 0 Å². The Morgan fingerprint density at radius 2 is 1.95 bits per heavy atom. The third-order valence-corrected chi connectivity index (χ3v) is 3.43. The number of aromatic nitrogens is 2. The van der Waals surface area contributed by atoms with Crippen LogP contribution in [0.4, 0.5) is 0 Å². The minimum atomic E-state index is -0.210. The van der Waals surface area contributed by atoms with E-state index in [4.69, 9.17) is 5.73 Å². The second-order valence-corrected chi connectivity index (χ2v) is 4.72. The second-order valence-electron chi connectivity index (χ2n) is 4.72. The number of benzene rings is 2. The monoisotopic (exact) mass is 251 g/mol. The van der Waals surface area contributed by atoms with Gasteiger partial charge in [0.05, 0.1) is 17.1 Å². The van der Waals surface area contributed by atoms with Gasteiger partial charge in [0.1, 0.15) is 5.82 Å². The normalized spacial score (nSPS) is 12.7. The molecule has 2 aromatic carbocycles. The van der Waals surface area contributed by atoms with Gasteiger partial charge in [-0.2, -0.15) is 0 Å². The second kappa shape index (κ2) is 4.86. The van der Waals surface area contributed by atoms with Crippen molar-refractivity contribution < 1.29 is 0 Å². The first-order valence-corrected chi connectivity index (χ1v) is 6.57. The summed E-state index contributed by atoms with van der Waals surface area (Å²) < 4.78 is 0. The molecule has 3 heteroatoms. The number of nitrogens with zero attached hydrogens (tertiary/aromatic N) is 1. The SMILES string of the molecule is CCc1ccc2nc(C(N)c3ccccc3)[nH]c2c1. The molecular formula is C16H17N3. The van der Waals surface area contributed by atoms with Crippen molar-refractivity contribution in [2.75, 3.05) is 0 Å². The average molecular weight is 251 g/mol. The van der Waals surface area contributed by atoms with Crippen LogP contribution in [0.15, 0.2) is 48.5 Å². The van der Waals surface area contributed by atoms with Crippen LogP contribution in [0.25, 0.3) is 11.0 Å². The summed E-state index contributed by atoms with van der Waals surface area (Å²) in [6.45, 7) is 2.15. The molecule has 0 aliphatic carbocycles. The fraction of sp³-hybridized carbons (Fsp3) is 0.188. The van der Waals surface area contributed by atoms with Gasteiger partial charge in [-0.15, -0.1) is 0 Å². The maximum Gasteiger partial charge on any atom is 0.128 e. The van der Waals surface area contributed by atoms with Gasteiger partial charge in [-0.3, -0.25) is 0 Å². The summed E-state index contributed by atoms with van der Waals surface area (Å²) in [6, 6.07) is 16.1. The molecule has 3 aromatic rings. The van der Waals surface area contributed by atoms with Crippen molar-refractivity contribution >= 4 is 11.0 Å². The van der Waals surface area contributed by atoms with Crippen LogP contribution in [-0.4, -0.2) is 9.97 Å². The van der Waals surface area contributed by atoms with Crippen LogP contribution in [0, 0.1) is 0 Å². The molecule has 1 heterocycles. The van der Waals surface area contributed by atoms with E-state index >= 15 is 0 Å². The van der Waals surface area contributed by atoms with Crippen molar-refractivity contribution in [1.82, 2.24) is 9.97 Å². The Hall–Kier alpha value is -2.13. The maximum atomic E-state index is 6.26. The third-order valence-electron chi connectivity index (χ3n) is 3.43. The lowest BCUT2D eigenvalue weighted by Crippen LogP contribution is -2.13. The first kappa shape index (κ1) is 11.9. The summed E-state index contributed by atoms with van der Waals surface area (Å²) in [4.78, 5) is 7.92. The maximum absolute atomic E-state index is 6.26. The van der Waals surface area contributed by atoms with Crippen molar-refractivity contribution in [3.63, 3.8) is 0 Å². The number of rotatable bonds is 3. The van der Waals surface area contributed by atoms with Crippen molar-refractivity contribution in [1.29, 1.82) is 0 Å². The molecule has 3 N–H and O–H groups in total. The number of aryl methyl sites for hydroxylation is 1. The number of hydrogen-bond donors (Lipinski definition) is 2. The van der Waals surface area contributed by atoms with Gasteiger partial charge in [0.2, 0.25) is 0 Å². The van der Waals surface area contributed by atoms with Crippen molar-refractivity contribution in [2.24, 2.45) is 5.73 Å². The highest BCUT2D eigenvalue weighted by Crippen LogP contribution is 2.21. The minimum Gasteiger partial charge on any atom is -0.340 e. The van der Waals surface area contributed by atoms with E-state index in [1.54, 1.807) is 0 Å². The van der Waals surface area contributed by atoms with Gasteiger partial charge in [0.25, 0.3) is 0 Å². The molecule has 1 aromatic heterocycles. The summed E-state index contributed by atoms with van der Waals surface area (Å²) in [7, 11) is 0. The zero-order valence-electron chi connectivity index (χ0n) is 10.9. The van der Waals surface area contributed by atoms with Gasteiger partial charge in [-0.25, -0.2) is 4.98 Å². The van der Waals surface area contributed by atoms with E-state index in [-0.39, 0.29) is 6.04 Å². The number of hydrogen-bond acceptors (Lipinski definition) is 2. The largest absolute Gasteiger partial charge is 0.340 e. The van der Waals surface area contributed by atoms with Crippen LogP contribution in [0.2, 0.25) is 0 Å². The smallest absolute Gasteiger partial charge is 0.128 e. The van der Waals surface area contributed by atoms with Crippen LogP contribution in [0.5, 0.6) is 0 Å². The van der Waals surface area contributed by atoms with Crippen LogP contribution >= 0.6 is 0 Å². The summed E-state index contributed by atoms with van der Waals surface area (Å²) in [6.07, 6.45) is 1.02. The third kappa shape index (κ3) is 2.25. The molecule has 0 fully saturated rings. The lowest BCUT2D eigenvalue weighted by molar-refractivity contribution is 0.806. The molecule has 0 aliphatic rings. The molecule has 0 spiro atoms. The zero-order chi connectivity index (χ0) is 13.2. The number of fused-ring (bicyclic) bond motifs is 1. The predicted octanol–water partition coefficient (Wildman–Crippen LogP) is 3.17. The molecular weight excluding hydrogens is 234 g/mol. The topological polar surface area (TPSA) is 54.7 Å². The number of H-pyrrole nitrogens is 1. The summed E-state index contributed by atoms with van der Waals surface area (Å²) >= 11 is 0. The first-order valence-electron chi connectivity index (χ1n) is 6.57. The molecule has 0 saturated heterocycles. The van der Waals surface area contributed by atoms with Crippen molar-refractivity contribution in [3.8, 4) is 0 Å². The number of imidazole rings is 1. The summed E-state index contributed by atoms with van der Waals surface area (Å²) in [5, 5.41) is 0. The fourth-order valence-electron chi connectivity index (χ4n) is 2.26. The minimum absolute atomic E-state index is 0.210. The lowest BCUT2D eigenvalue weighted by Gasteiger charge is -2.08. The van der Waals surface area contributed by atoms with Gasteiger partial charge in [0, 0.05) is 0 Å². The zero-order valence-corrected chi connectivity index (χ0v) is 10.9. The highest BCUT2D eigenvalue weighted by Gasteiger charge is 2.13. The van der Waals surface area contributed by atoms with E-state index in [0.29, 0.717) is 0 Å². The molecule has 0 saturated carbocycles. The lowest BCUT2D eigenvalue weighted by atomic mass is 10.1. The summed E-state index contributed by atoms with van der Waals surface area (Å²) in [5.41, 5.74) is 10.7. The highest BCUT2D eigenvalue weighted by atomic mass is 15.0. The predicted molar refractivity (Wildman–Crippen MR) is 77.9 cm³/mol. The Balaban J connectivity index is 2.01. The Morgan fingerprint density at radius 1 is 1.16 bits per heavy atom. The Morgan fingerprint density at radius 3 is 2.68 bits per heavy atom. The fourth-order valence-corrected chi connectivity index (χ4v) is 2.26. The molecule has 0 radical (unpaired) electrons. The highest BCUT2D eigenvalue weighted by molar-refractivity contribution is 5.76. The molecule has 3 nitrogen and oxygen atoms in total. The Labute approximate surface area is 112 Å². The van der Waals surface area contributed by atoms with Gasteiger partial charge in [-0.1, -0.05) is 43.3 Å². The molecule has 0 amide bonds. The van der Waals surface area contributed by atoms with E-state index in [2.05, 4.69) is 29.0 Å². The van der Waals surface area contributed by atoms with Crippen LogP contribution < -0.4 is 5.73 Å². The molecule has 1 unspecified atom stereocenters. The molecule has 19 heavy (non-hydrogen) atoms. The van der Waals surface area contributed by atoms with E-state index in [1.165, 1.54) is 5.56 Å². The average Bonchev–Trinajstić information content (AvgIpc) is 2.90. The van der Waals surface area contributed by atoms with Crippen LogP contribution in [0.1, 0.15) is 29.9 Å². The van der Waals surface area contributed by atoms with Crippen molar-refractivity contribution in [3.05, 3.63) is 65.5 Å². The van der Waals surface area contributed by atoms with Crippen molar-refractivity contribution in [2.45, 2.75) is 19.4 Å². The number of aromatic amines is 1. The van der Waals surface area contributed by atoms with E-state index in [1.807, 2.05) is 36.4 Å². The number of nitrogens with two attached hydrogens (primary N) is 1. The molecule has 1 atom stereocenters. The van der Waals surface area contributed by atoms with Gasteiger partial charge >= 0.3 is 0 Å². The van der Waals surface area contributed by atoms with Gasteiger partial charge in [-0.05, 0) is 29.7 Å². The number of nitrogens with one attached hydrogen (secondary N) is 1. The quantitative estimate of drug-likeness (QED) is 0.751. The van der Waals surface area contributed by atoms with Gasteiger partial charge < -0.3 is 10.7 Å². The first-order chi connectivity index (χ1) is 9.28. The Kier molecular flexibility index (Phi) is 3.05. The van der Waals surface area contributed by atoms with E-state index in [0.717, 1.165) is 28.8 Å². The Bertz CT molecular complexity index is 686. The van der Waals surface area contributed by atoms with Crippen LogP contribution in [-0.2, 0) is 6.42 Å². The van der Waals surface area contributed by atoms with Gasteiger partial charge in [0.15, 0.2) is 0 Å². The van der Waals surface area contributed by atoms with E-state index < -0.39 is 0 Å². The standard InChI is InChI=1S/C16H17N3/c1-2-11-8-9-13-14(10-11)19-16(18-13)15(17)12-6-4-3-5-7-12/h3-10,15H,2,17H2,1H3,(H,18,19). The molecule has 3 rings (SSSR count). The van der Waals surface area contributed by atoms with E-state index in [9.17, 15) is 0 Å². The molecule has 96 valence electrons. The molecule has 0 bridgehead atoms. The summed E-state index contributed by atoms with van der Waals surface area (Å²) in [5.74, 6) is 0.814. The molecule has 0 aliphatic heterocycles.